The predicted octanol–water partition coefficient (Wildman–Crippen LogP) is 3.60. The molecule has 0 bridgehead atoms. The number of allylic oxidation sites excluding steroid dienone is 5. The zero-order chi connectivity index (χ0) is 18.5. The Kier molecular flexibility index (Phi) is 5.39. The normalized spacial score (nSPS) is 15.3. The van der Waals surface area contributed by atoms with E-state index >= 15 is 0 Å². The Labute approximate surface area is 152 Å². The molecular formula is C21H21FN4. The van der Waals surface area contributed by atoms with E-state index in [9.17, 15) is 4.39 Å². The standard InChI is InChI=1S/C21H21FN4/c1-14-11-16(6-7-19(14)22)21-18(3-2-9-26-21)15-4-5-17(20(24)12-15)13-25-10-8-23/h2-7,9,11-13,24-25H,8,10,23H2,1H3/b17-13-,24-20?. The van der Waals surface area contributed by atoms with Crippen LogP contribution in [0, 0.1) is 18.2 Å². The van der Waals surface area contributed by atoms with Crippen LogP contribution in [0.3, 0.4) is 0 Å². The highest BCUT2D eigenvalue weighted by molar-refractivity contribution is 6.15. The van der Waals surface area contributed by atoms with E-state index in [1.165, 1.54) is 6.07 Å². The monoisotopic (exact) mass is 348 g/mol. The maximum absolute atomic E-state index is 13.6. The Hall–Kier alpha value is -3.05. The highest BCUT2D eigenvalue weighted by atomic mass is 19.1. The van der Waals surface area contributed by atoms with Crippen LogP contribution in [0.4, 0.5) is 4.39 Å². The van der Waals surface area contributed by atoms with Crippen LogP contribution in [0.2, 0.25) is 0 Å². The molecule has 0 saturated carbocycles. The summed E-state index contributed by atoms with van der Waals surface area (Å²) in [5.41, 5.74) is 10.7. The van der Waals surface area contributed by atoms with E-state index in [4.69, 9.17) is 11.1 Å². The summed E-state index contributed by atoms with van der Waals surface area (Å²) >= 11 is 0. The molecule has 4 nitrogen and oxygen atoms in total. The molecule has 1 heterocycles. The van der Waals surface area contributed by atoms with Crippen LogP contribution in [0.15, 0.2) is 66.5 Å². The summed E-state index contributed by atoms with van der Waals surface area (Å²) in [4.78, 5) is 4.49. The third-order valence-electron chi connectivity index (χ3n) is 4.15. The van der Waals surface area contributed by atoms with Gasteiger partial charge in [-0.15, -0.1) is 0 Å². The predicted molar refractivity (Wildman–Crippen MR) is 104 cm³/mol. The van der Waals surface area contributed by atoms with Crippen molar-refractivity contribution in [1.82, 2.24) is 10.3 Å². The molecule has 3 rings (SSSR count). The molecular weight excluding hydrogens is 327 g/mol. The lowest BCUT2D eigenvalue weighted by atomic mass is 9.92. The molecule has 0 atom stereocenters. The van der Waals surface area contributed by atoms with E-state index in [2.05, 4.69) is 10.3 Å². The first-order chi connectivity index (χ1) is 12.6. The van der Waals surface area contributed by atoms with Gasteiger partial charge in [0.2, 0.25) is 0 Å². The fourth-order valence-corrected chi connectivity index (χ4v) is 2.78. The van der Waals surface area contributed by atoms with Gasteiger partial charge in [-0.1, -0.05) is 18.2 Å². The summed E-state index contributed by atoms with van der Waals surface area (Å²) in [6.45, 7) is 2.94. The number of hydrogen-bond donors (Lipinski definition) is 3. The van der Waals surface area contributed by atoms with Crippen molar-refractivity contribution in [2.24, 2.45) is 5.73 Å². The van der Waals surface area contributed by atoms with Gasteiger partial charge in [0.1, 0.15) is 5.82 Å². The quantitative estimate of drug-likeness (QED) is 0.723. The smallest absolute Gasteiger partial charge is 0.126 e. The van der Waals surface area contributed by atoms with Crippen molar-refractivity contribution in [3.05, 3.63) is 83.5 Å². The molecule has 132 valence electrons. The third-order valence-corrected chi connectivity index (χ3v) is 4.15. The Morgan fingerprint density at radius 3 is 2.85 bits per heavy atom. The Morgan fingerprint density at radius 1 is 1.27 bits per heavy atom. The van der Waals surface area contributed by atoms with Gasteiger partial charge in [-0.3, -0.25) is 4.98 Å². The van der Waals surface area contributed by atoms with Gasteiger partial charge in [0.15, 0.2) is 0 Å². The molecule has 0 unspecified atom stereocenters. The number of benzene rings is 1. The minimum atomic E-state index is -0.232. The maximum Gasteiger partial charge on any atom is 0.126 e. The average Bonchev–Trinajstić information content (AvgIpc) is 2.65. The van der Waals surface area contributed by atoms with Crippen molar-refractivity contribution in [3.8, 4) is 11.3 Å². The van der Waals surface area contributed by atoms with Crippen LogP contribution >= 0.6 is 0 Å². The van der Waals surface area contributed by atoms with Crippen molar-refractivity contribution in [1.29, 1.82) is 5.41 Å². The van der Waals surface area contributed by atoms with Crippen LogP contribution in [-0.4, -0.2) is 23.8 Å². The lowest BCUT2D eigenvalue weighted by molar-refractivity contribution is 0.619. The number of nitrogens with two attached hydrogens (primary N) is 1. The van der Waals surface area contributed by atoms with Gasteiger partial charge in [-0.2, -0.15) is 0 Å². The number of nitrogens with one attached hydrogen (secondary N) is 2. The minimum Gasteiger partial charge on any atom is -0.389 e. The summed E-state index contributed by atoms with van der Waals surface area (Å²) in [6, 6.07) is 8.81. The first-order valence-corrected chi connectivity index (χ1v) is 8.44. The fraction of sp³-hybridized carbons (Fsp3) is 0.143. The second-order valence-corrected chi connectivity index (χ2v) is 6.05. The lowest BCUT2D eigenvalue weighted by Gasteiger charge is -2.14. The van der Waals surface area contributed by atoms with E-state index in [1.807, 2.05) is 30.4 Å². The second-order valence-electron chi connectivity index (χ2n) is 6.05. The van der Waals surface area contributed by atoms with E-state index in [0.717, 1.165) is 28.0 Å². The molecule has 1 aliphatic carbocycles. The van der Waals surface area contributed by atoms with Crippen LogP contribution < -0.4 is 11.1 Å². The molecule has 0 amide bonds. The van der Waals surface area contributed by atoms with Crippen LogP contribution in [-0.2, 0) is 0 Å². The number of aryl methyl sites for hydroxylation is 1. The molecule has 0 spiro atoms. The van der Waals surface area contributed by atoms with Crippen LogP contribution in [0.1, 0.15) is 11.1 Å². The van der Waals surface area contributed by atoms with Crippen molar-refractivity contribution >= 4 is 11.3 Å². The summed E-state index contributed by atoms with van der Waals surface area (Å²) in [7, 11) is 0. The zero-order valence-electron chi connectivity index (χ0n) is 14.6. The Bertz CT molecular complexity index is 925. The second kappa shape index (κ2) is 7.89. The molecule has 2 aromatic rings. The number of rotatable bonds is 5. The zero-order valence-corrected chi connectivity index (χ0v) is 14.6. The first-order valence-electron chi connectivity index (χ1n) is 8.44. The highest BCUT2D eigenvalue weighted by Gasteiger charge is 2.14. The Morgan fingerprint density at radius 2 is 2.12 bits per heavy atom. The lowest BCUT2D eigenvalue weighted by Crippen LogP contribution is -2.18. The van der Waals surface area contributed by atoms with Gasteiger partial charge < -0.3 is 16.5 Å². The molecule has 1 aliphatic rings. The van der Waals surface area contributed by atoms with E-state index in [-0.39, 0.29) is 5.82 Å². The fourth-order valence-electron chi connectivity index (χ4n) is 2.78. The summed E-state index contributed by atoms with van der Waals surface area (Å²) in [6.07, 6.45) is 9.19. The number of pyridine rings is 1. The van der Waals surface area contributed by atoms with Gasteiger partial charge >= 0.3 is 0 Å². The topological polar surface area (TPSA) is 74.8 Å². The molecule has 0 aliphatic heterocycles. The van der Waals surface area contributed by atoms with Crippen molar-refractivity contribution in [3.63, 3.8) is 0 Å². The number of nitrogens with zero attached hydrogens (tertiary/aromatic N) is 1. The van der Waals surface area contributed by atoms with E-state index in [0.29, 0.717) is 24.4 Å². The molecule has 0 fully saturated rings. The van der Waals surface area contributed by atoms with Gasteiger partial charge in [0, 0.05) is 42.2 Å². The summed E-state index contributed by atoms with van der Waals surface area (Å²) in [5, 5.41) is 11.3. The van der Waals surface area contributed by atoms with Gasteiger partial charge in [-0.25, -0.2) is 4.39 Å². The van der Waals surface area contributed by atoms with E-state index in [1.54, 1.807) is 31.5 Å². The number of halogens is 1. The van der Waals surface area contributed by atoms with Gasteiger partial charge in [-0.05, 0) is 48.4 Å². The van der Waals surface area contributed by atoms with Crippen LogP contribution in [0.25, 0.3) is 16.8 Å². The van der Waals surface area contributed by atoms with Gasteiger partial charge in [0.05, 0.1) is 11.4 Å². The molecule has 5 heteroatoms. The van der Waals surface area contributed by atoms with Crippen LogP contribution in [0.5, 0.6) is 0 Å². The minimum absolute atomic E-state index is 0.232. The number of hydrogen-bond acceptors (Lipinski definition) is 4. The molecule has 4 N–H and O–H groups in total. The molecule has 0 radical (unpaired) electrons. The largest absolute Gasteiger partial charge is 0.389 e. The van der Waals surface area contributed by atoms with Crippen molar-refractivity contribution in [2.45, 2.75) is 6.92 Å². The average molecular weight is 348 g/mol. The molecule has 0 saturated heterocycles. The van der Waals surface area contributed by atoms with Crippen molar-refractivity contribution in [2.75, 3.05) is 13.1 Å². The first kappa shape index (κ1) is 17.8. The summed E-state index contributed by atoms with van der Waals surface area (Å²) < 4.78 is 13.6. The van der Waals surface area contributed by atoms with Crippen molar-refractivity contribution < 1.29 is 4.39 Å². The molecule has 26 heavy (non-hydrogen) atoms. The maximum atomic E-state index is 13.6. The number of aromatic nitrogens is 1. The van der Waals surface area contributed by atoms with Gasteiger partial charge in [0.25, 0.3) is 0 Å². The third kappa shape index (κ3) is 3.78. The summed E-state index contributed by atoms with van der Waals surface area (Å²) in [5.74, 6) is -0.232. The highest BCUT2D eigenvalue weighted by Crippen LogP contribution is 2.30. The Balaban J connectivity index is 1.95. The molecule has 1 aromatic heterocycles. The molecule has 1 aromatic carbocycles. The SMILES string of the molecule is Cc1cc(-c2ncccc2C2=CC(=N)/C(=C\NCCN)C=C2)ccc1F. The van der Waals surface area contributed by atoms with E-state index < -0.39 is 0 Å².